The van der Waals surface area contributed by atoms with Crippen molar-refractivity contribution in [1.82, 2.24) is 34.8 Å². The second-order valence-corrected chi connectivity index (χ2v) is 12.8. The topological polar surface area (TPSA) is 113 Å². The zero-order chi connectivity index (χ0) is 30.8. The summed E-state index contributed by atoms with van der Waals surface area (Å²) in [5.41, 5.74) is 6.88. The molecule has 228 valence electrons. The average molecular weight is 592 g/mol. The molecule has 0 unspecified atom stereocenters. The van der Waals surface area contributed by atoms with Crippen molar-refractivity contribution in [3.63, 3.8) is 0 Å². The smallest absolute Gasteiger partial charge is 0.410 e. The largest absolute Gasteiger partial charge is 0.444 e. The lowest BCUT2D eigenvalue weighted by molar-refractivity contribution is 0.0218. The molecule has 0 saturated carbocycles. The van der Waals surface area contributed by atoms with Gasteiger partial charge >= 0.3 is 6.09 Å². The van der Waals surface area contributed by atoms with Crippen LogP contribution in [0.2, 0.25) is 0 Å². The molecule has 0 radical (unpaired) electrons. The highest BCUT2D eigenvalue weighted by atomic mass is 16.6. The Balaban J connectivity index is 1.16. The summed E-state index contributed by atoms with van der Waals surface area (Å²) < 4.78 is 5.63. The van der Waals surface area contributed by atoms with E-state index in [-0.39, 0.29) is 12.1 Å². The summed E-state index contributed by atoms with van der Waals surface area (Å²) in [5, 5.41) is 0. The van der Waals surface area contributed by atoms with Crippen LogP contribution in [0.4, 0.5) is 4.79 Å². The van der Waals surface area contributed by atoms with Crippen LogP contribution in [0.15, 0.2) is 61.1 Å². The number of imidazole rings is 2. The van der Waals surface area contributed by atoms with Gasteiger partial charge in [-0.2, -0.15) is 0 Å². The number of fused-ring (bicyclic) bond motifs is 1. The molecule has 1 aliphatic heterocycles. The predicted molar refractivity (Wildman–Crippen MR) is 173 cm³/mol. The Kier molecular flexibility index (Phi) is 8.21. The number of likely N-dealkylation sites (tertiary alicyclic amines) is 1. The molecule has 1 aliphatic rings. The van der Waals surface area contributed by atoms with Crippen LogP contribution in [-0.4, -0.2) is 53.0 Å². The minimum absolute atomic E-state index is 0.127. The van der Waals surface area contributed by atoms with Crippen molar-refractivity contribution >= 4 is 17.1 Å². The standard InChI is InChI=1S/C35H41N7O2/c1-6-7-9-22(2)32-37-20-29(40-32)24-13-11-23(12-14-24)28-19-36-27-18-25(15-16-26(27)39-28)30-21-38-33(41-30)31-10-8-17-42(31)34(43)44-35(3,4)5/h11-16,18-22,31H,6-10,17H2,1-5H3,(H,37,40)(H,38,41)/t22-,31-/m0/s1. The monoisotopic (exact) mass is 591 g/mol. The zero-order valence-corrected chi connectivity index (χ0v) is 26.2. The Morgan fingerprint density at radius 1 is 0.955 bits per heavy atom. The van der Waals surface area contributed by atoms with Crippen LogP contribution in [0.1, 0.15) is 90.3 Å². The number of benzene rings is 2. The molecule has 5 aromatic rings. The summed E-state index contributed by atoms with van der Waals surface area (Å²) in [5.74, 6) is 2.24. The van der Waals surface area contributed by atoms with Gasteiger partial charge in [0.05, 0.1) is 52.7 Å². The summed E-state index contributed by atoms with van der Waals surface area (Å²) in [6, 6.07) is 14.3. The second kappa shape index (κ2) is 12.2. The van der Waals surface area contributed by atoms with Crippen LogP contribution in [0.25, 0.3) is 44.8 Å². The first-order valence-electron chi connectivity index (χ1n) is 15.7. The number of carbonyl (C=O) groups excluding carboxylic acids is 1. The van der Waals surface area contributed by atoms with E-state index in [9.17, 15) is 4.79 Å². The van der Waals surface area contributed by atoms with E-state index in [1.54, 1.807) is 4.90 Å². The van der Waals surface area contributed by atoms with Gasteiger partial charge in [-0.15, -0.1) is 0 Å². The highest BCUT2D eigenvalue weighted by Gasteiger charge is 2.34. The number of hydrogen-bond donors (Lipinski definition) is 2. The molecular formula is C35H41N7O2. The maximum absolute atomic E-state index is 12.8. The van der Waals surface area contributed by atoms with Gasteiger partial charge in [0, 0.05) is 23.6 Å². The third kappa shape index (κ3) is 6.37. The summed E-state index contributed by atoms with van der Waals surface area (Å²) >= 11 is 0. The number of aromatic nitrogens is 6. The van der Waals surface area contributed by atoms with E-state index in [0.717, 1.165) is 75.7 Å². The molecule has 2 atom stereocenters. The summed E-state index contributed by atoms with van der Waals surface area (Å²) in [6.07, 6.45) is 10.6. The number of nitrogens with zero attached hydrogens (tertiary/aromatic N) is 5. The van der Waals surface area contributed by atoms with Gasteiger partial charge in [0.25, 0.3) is 0 Å². The maximum Gasteiger partial charge on any atom is 0.410 e. The van der Waals surface area contributed by atoms with E-state index >= 15 is 0 Å². The molecule has 6 rings (SSSR count). The van der Waals surface area contributed by atoms with Crippen LogP contribution in [0, 0.1) is 0 Å². The fraction of sp³-hybridized carbons (Fsp3) is 0.400. The summed E-state index contributed by atoms with van der Waals surface area (Å²) in [4.78, 5) is 40.4. The van der Waals surface area contributed by atoms with E-state index in [1.807, 2.05) is 57.6 Å². The van der Waals surface area contributed by atoms with Gasteiger partial charge in [0.2, 0.25) is 0 Å². The van der Waals surface area contributed by atoms with Gasteiger partial charge in [0.1, 0.15) is 17.2 Å². The lowest BCUT2D eigenvalue weighted by atomic mass is 10.0. The molecule has 2 aromatic carbocycles. The first-order chi connectivity index (χ1) is 21.2. The van der Waals surface area contributed by atoms with Gasteiger partial charge in [-0.1, -0.05) is 57.0 Å². The van der Waals surface area contributed by atoms with Crippen molar-refractivity contribution in [2.75, 3.05) is 6.54 Å². The molecule has 4 heterocycles. The Bertz CT molecular complexity index is 1750. The maximum atomic E-state index is 12.8. The normalized spacial score (nSPS) is 16.0. The van der Waals surface area contributed by atoms with Crippen molar-refractivity contribution in [2.24, 2.45) is 0 Å². The lowest BCUT2D eigenvalue weighted by Gasteiger charge is -2.27. The van der Waals surface area contributed by atoms with Crippen LogP contribution in [0.5, 0.6) is 0 Å². The van der Waals surface area contributed by atoms with Crippen molar-refractivity contribution in [2.45, 2.75) is 84.3 Å². The Morgan fingerprint density at radius 2 is 1.68 bits per heavy atom. The number of ether oxygens (including phenoxy) is 1. The number of amides is 1. The highest BCUT2D eigenvalue weighted by molar-refractivity contribution is 5.82. The first-order valence-corrected chi connectivity index (χ1v) is 15.7. The zero-order valence-electron chi connectivity index (χ0n) is 26.2. The molecule has 9 nitrogen and oxygen atoms in total. The molecule has 0 bridgehead atoms. The molecule has 0 aliphatic carbocycles. The quantitative estimate of drug-likeness (QED) is 0.187. The van der Waals surface area contributed by atoms with E-state index in [1.165, 1.54) is 12.8 Å². The minimum Gasteiger partial charge on any atom is -0.444 e. The molecule has 2 N–H and O–H groups in total. The molecule has 9 heteroatoms. The van der Waals surface area contributed by atoms with Crippen molar-refractivity contribution in [1.29, 1.82) is 0 Å². The van der Waals surface area contributed by atoms with Crippen LogP contribution in [-0.2, 0) is 4.74 Å². The Morgan fingerprint density at radius 3 is 2.45 bits per heavy atom. The van der Waals surface area contributed by atoms with Crippen molar-refractivity contribution in [3.05, 3.63) is 72.7 Å². The number of unbranched alkanes of at least 4 members (excludes halogenated alkanes) is 1. The number of hydrogen-bond acceptors (Lipinski definition) is 6. The van der Waals surface area contributed by atoms with Gasteiger partial charge in [-0.3, -0.25) is 9.88 Å². The molecular weight excluding hydrogens is 550 g/mol. The van der Waals surface area contributed by atoms with Gasteiger partial charge in [-0.05, 0) is 57.7 Å². The molecule has 1 saturated heterocycles. The van der Waals surface area contributed by atoms with E-state index in [0.29, 0.717) is 12.5 Å². The van der Waals surface area contributed by atoms with Gasteiger partial charge in [-0.25, -0.2) is 19.7 Å². The highest BCUT2D eigenvalue weighted by Crippen LogP contribution is 2.33. The molecule has 44 heavy (non-hydrogen) atoms. The fourth-order valence-electron chi connectivity index (χ4n) is 5.76. The number of carbonyl (C=O) groups is 1. The molecule has 0 spiro atoms. The van der Waals surface area contributed by atoms with Gasteiger partial charge < -0.3 is 14.7 Å². The molecule has 3 aromatic heterocycles. The second-order valence-electron chi connectivity index (χ2n) is 12.8. The van der Waals surface area contributed by atoms with E-state index in [2.05, 4.69) is 58.0 Å². The van der Waals surface area contributed by atoms with E-state index < -0.39 is 5.60 Å². The van der Waals surface area contributed by atoms with Crippen molar-refractivity contribution < 1.29 is 9.53 Å². The van der Waals surface area contributed by atoms with Crippen LogP contribution < -0.4 is 0 Å². The number of nitrogens with one attached hydrogen (secondary N) is 2. The Labute approximate surface area is 258 Å². The van der Waals surface area contributed by atoms with E-state index in [4.69, 9.17) is 14.7 Å². The van der Waals surface area contributed by atoms with Crippen LogP contribution >= 0.6 is 0 Å². The Hall–Kier alpha value is -4.53. The fourth-order valence-corrected chi connectivity index (χ4v) is 5.76. The number of aromatic amines is 2. The third-order valence-electron chi connectivity index (χ3n) is 8.19. The molecule has 1 amide bonds. The molecule has 1 fully saturated rings. The summed E-state index contributed by atoms with van der Waals surface area (Å²) in [6.45, 7) is 10.8. The number of rotatable bonds is 8. The minimum atomic E-state index is -0.537. The summed E-state index contributed by atoms with van der Waals surface area (Å²) in [7, 11) is 0. The van der Waals surface area contributed by atoms with Crippen LogP contribution in [0.3, 0.4) is 0 Å². The first kappa shape index (κ1) is 29.5. The average Bonchev–Trinajstić information content (AvgIpc) is 3.80. The lowest BCUT2D eigenvalue weighted by Crippen LogP contribution is -2.36. The SMILES string of the molecule is CCCC[C@H](C)c1ncc(-c2ccc(-c3cnc4cc(-c5cnc([C@@H]6CCCN6C(=O)OC(C)(C)C)[nH]5)ccc4n3)cc2)[nH]1. The van der Waals surface area contributed by atoms with Crippen molar-refractivity contribution in [3.8, 4) is 33.8 Å². The number of H-pyrrole nitrogens is 2. The predicted octanol–water partition coefficient (Wildman–Crippen LogP) is 8.44. The van der Waals surface area contributed by atoms with Gasteiger partial charge in [0.15, 0.2) is 0 Å². The third-order valence-corrected chi connectivity index (χ3v) is 8.19.